The van der Waals surface area contributed by atoms with Gasteiger partial charge in [0.25, 0.3) is 0 Å². The van der Waals surface area contributed by atoms with Crippen LogP contribution in [0.15, 0.2) is 29.8 Å². The van der Waals surface area contributed by atoms with Crippen molar-refractivity contribution < 1.29 is 13.9 Å². The molecule has 3 aromatic rings. The van der Waals surface area contributed by atoms with Crippen molar-refractivity contribution in [3.05, 3.63) is 41.3 Å². The van der Waals surface area contributed by atoms with Crippen LogP contribution in [0.1, 0.15) is 17.4 Å². The third kappa shape index (κ3) is 1.89. The second-order valence-corrected chi connectivity index (χ2v) is 5.14. The molecule has 20 heavy (non-hydrogen) atoms. The summed E-state index contributed by atoms with van der Waals surface area (Å²) in [5.41, 5.74) is 1.70. The van der Waals surface area contributed by atoms with Crippen molar-refractivity contribution in [2.45, 2.75) is 6.92 Å². The molecule has 1 aromatic carbocycles. The fourth-order valence-corrected chi connectivity index (χ4v) is 2.84. The highest BCUT2D eigenvalue weighted by Crippen LogP contribution is 2.30. The minimum absolute atomic E-state index is 0.0887. The normalized spacial score (nSPS) is 10.9. The van der Waals surface area contributed by atoms with E-state index < -0.39 is 5.82 Å². The van der Waals surface area contributed by atoms with Gasteiger partial charge in [-0.25, -0.2) is 9.37 Å². The number of ether oxygens (including phenoxy) is 1. The van der Waals surface area contributed by atoms with Crippen molar-refractivity contribution in [2.75, 3.05) is 7.11 Å². The van der Waals surface area contributed by atoms with Crippen molar-refractivity contribution in [3.63, 3.8) is 0 Å². The van der Waals surface area contributed by atoms with E-state index in [4.69, 9.17) is 4.74 Å². The topological polar surface area (TPSA) is 43.6 Å². The van der Waals surface area contributed by atoms with Crippen molar-refractivity contribution >= 4 is 22.1 Å². The molecule has 4 nitrogen and oxygen atoms in total. The number of hydrogen-bond acceptors (Lipinski definition) is 4. The Bertz CT molecular complexity index is 807. The lowest BCUT2D eigenvalue weighted by atomic mass is 10.1. The number of carbonyl (C=O) groups is 1. The molecule has 6 heteroatoms. The number of rotatable bonds is 3. The number of halogens is 1. The zero-order valence-electron chi connectivity index (χ0n) is 10.9. The monoisotopic (exact) mass is 290 g/mol. The van der Waals surface area contributed by atoms with E-state index >= 15 is 0 Å². The third-order valence-electron chi connectivity index (χ3n) is 3.02. The minimum atomic E-state index is -0.443. The largest absolute Gasteiger partial charge is 0.494 e. The van der Waals surface area contributed by atoms with E-state index in [1.807, 2.05) is 5.38 Å². The Hall–Kier alpha value is -2.21. The lowest BCUT2D eigenvalue weighted by Crippen LogP contribution is -1.99. The first-order valence-corrected chi connectivity index (χ1v) is 6.80. The number of fused-ring (bicyclic) bond motifs is 1. The molecule has 0 radical (unpaired) electrons. The first-order valence-electron chi connectivity index (χ1n) is 5.92. The van der Waals surface area contributed by atoms with Crippen LogP contribution >= 0.6 is 11.3 Å². The number of hydrogen-bond donors (Lipinski definition) is 0. The molecule has 0 aliphatic carbocycles. The molecule has 0 saturated heterocycles. The summed E-state index contributed by atoms with van der Waals surface area (Å²) in [6.07, 6.45) is 1.80. The molecule has 0 aliphatic heterocycles. The number of Topliss-reactive ketones (excluding diaryl/α,β-unsaturated/α-hetero) is 1. The minimum Gasteiger partial charge on any atom is -0.494 e. The Balaban J connectivity index is 2.26. The van der Waals surface area contributed by atoms with Gasteiger partial charge in [-0.3, -0.25) is 9.20 Å². The summed E-state index contributed by atoms with van der Waals surface area (Å²) >= 11 is 1.44. The van der Waals surface area contributed by atoms with Gasteiger partial charge in [0.05, 0.1) is 7.11 Å². The Morgan fingerprint density at radius 3 is 2.95 bits per heavy atom. The van der Waals surface area contributed by atoms with Crippen LogP contribution in [0, 0.1) is 5.82 Å². The van der Waals surface area contributed by atoms with Crippen molar-refractivity contribution in [1.29, 1.82) is 0 Å². The third-order valence-corrected chi connectivity index (χ3v) is 3.78. The van der Waals surface area contributed by atoms with Gasteiger partial charge >= 0.3 is 0 Å². The average Bonchev–Trinajstić information content (AvgIpc) is 2.98. The second kappa shape index (κ2) is 4.72. The van der Waals surface area contributed by atoms with Crippen LogP contribution in [0.4, 0.5) is 4.39 Å². The number of aromatic nitrogens is 2. The summed E-state index contributed by atoms with van der Waals surface area (Å²) in [5.74, 6) is -0.399. The van der Waals surface area contributed by atoms with Gasteiger partial charge in [-0.05, 0) is 18.2 Å². The lowest BCUT2D eigenvalue weighted by molar-refractivity contribution is 0.101. The Kier molecular flexibility index (Phi) is 3.02. The van der Waals surface area contributed by atoms with Crippen molar-refractivity contribution in [3.8, 4) is 17.0 Å². The molecule has 0 bridgehead atoms. The quantitative estimate of drug-likeness (QED) is 0.694. The Morgan fingerprint density at radius 2 is 2.25 bits per heavy atom. The maximum atomic E-state index is 13.5. The van der Waals surface area contributed by atoms with Gasteiger partial charge in [0.2, 0.25) is 0 Å². The van der Waals surface area contributed by atoms with Crippen LogP contribution in [-0.4, -0.2) is 22.3 Å². The molecule has 0 spiro atoms. The first kappa shape index (κ1) is 12.8. The fraction of sp³-hybridized carbons (Fsp3) is 0.143. The summed E-state index contributed by atoms with van der Waals surface area (Å²) in [4.78, 5) is 17.1. The number of carbonyl (C=O) groups excluding carboxylic acids is 1. The van der Waals surface area contributed by atoms with E-state index in [0.717, 1.165) is 4.96 Å². The molecule has 0 fully saturated rings. The molecule has 0 amide bonds. The summed E-state index contributed by atoms with van der Waals surface area (Å²) in [7, 11) is 1.40. The predicted octanol–water partition coefficient (Wildman–Crippen LogP) is 3.41. The van der Waals surface area contributed by atoms with Crippen LogP contribution in [0.25, 0.3) is 16.2 Å². The predicted molar refractivity (Wildman–Crippen MR) is 75.0 cm³/mol. The summed E-state index contributed by atoms with van der Waals surface area (Å²) in [5, 5.41) is 1.86. The van der Waals surface area contributed by atoms with Gasteiger partial charge in [0, 0.05) is 24.1 Å². The lowest BCUT2D eigenvalue weighted by Gasteiger charge is -2.05. The number of thiazole rings is 1. The molecule has 3 rings (SSSR count). The van der Waals surface area contributed by atoms with Gasteiger partial charge < -0.3 is 4.74 Å². The second-order valence-electron chi connectivity index (χ2n) is 4.27. The van der Waals surface area contributed by atoms with Crippen LogP contribution in [0.2, 0.25) is 0 Å². The standard InChI is InChI=1S/C14H11FN2O2S/c1-8(18)13-12(16-14-17(13)5-6-20-14)9-3-4-10(15)11(7-9)19-2/h3-7H,1-2H3. The highest BCUT2D eigenvalue weighted by molar-refractivity contribution is 7.15. The van der Waals surface area contributed by atoms with Crippen LogP contribution < -0.4 is 4.74 Å². The van der Waals surface area contributed by atoms with Gasteiger partial charge in [-0.1, -0.05) is 0 Å². The van der Waals surface area contributed by atoms with E-state index in [-0.39, 0.29) is 11.5 Å². The highest BCUT2D eigenvalue weighted by atomic mass is 32.1. The van der Waals surface area contributed by atoms with E-state index in [2.05, 4.69) is 4.98 Å². The SMILES string of the molecule is COc1cc(-c2nc3sccn3c2C(C)=O)ccc1F. The number of methoxy groups -OCH3 is 1. The number of nitrogens with zero attached hydrogens (tertiary/aromatic N) is 2. The zero-order valence-corrected chi connectivity index (χ0v) is 11.7. The molecule has 2 heterocycles. The van der Waals surface area contributed by atoms with Gasteiger partial charge in [-0.2, -0.15) is 0 Å². The maximum Gasteiger partial charge on any atom is 0.194 e. The summed E-state index contributed by atoms with van der Waals surface area (Å²) in [6.45, 7) is 1.49. The van der Waals surface area contributed by atoms with Crippen LogP contribution in [0.5, 0.6) is 5.75 Å². The molecule has 102 valence electrons. The molecule has 0 saturated carbocycles. The Morgan fingerprint density at radius 1 is 1.45 bits per heavy atom. The first-order chi connectivity index (χ1) is 9.61. The smallest absolute Gasteiger partial charge is 0.194 e. The van der Waals surface area contributed by atoms with E-state index in [1.165, 1.54) is 31.4 Å². The van der Waals surface area contributed by atoms with E-state index in [9.17, 15) is 9.18 Å². The molecule has 0 N–H and O–H groups in total. The average molecular weight is 290 g/mol. The number of benzene rings is 1. The number of imidazole rings is 1. The van der Waals surface area contributed by atoms with Crippen molar-refractivity contribution in [1.82, 2.24) is 9.38 Å². The summed E-state index contributed by atoms with van der Waals surface area (Å²) < 4.78 is 20.2. The van der Waals surface area contributed by atoms with Gasteiger partial charge in [-0.15, -0.1) is 11.3 Å². The highest BCUT2D eigenvalue weighted by Gasteiger charge is 2.19. The van der Waals surface area contributed by atoms with Crippen molar-refractivity contribution in [2.24, 2.45) is 0 Å². The van der Waals surface area contributed by atoms with E-state index in [0.29, 0.717) is 17.0 Å². The molecule has 0 unspecified atom stereocenters. The molecular weight excluding hydrogens is 279 g/mol. The molecule has 2 aromatic heterocycles. The Labute approximate surface area is 118 Å². The van der Waals surface area contributed by atoms with Gasteiger partial charge in [0.15, 0.2) is 22.3 Å². The number of ketones is 1. The summed E-state index contributed by atoms with van der Waals surface area (Å²) in [6, 6.07) is 4.45. The molecular formula is C14H11FN2O2S. The van der Waals surface area contributed by atoms with Crippen LogP contribution in [-0.2, 0) is 0 Å². The fourth-order valence-electron chi connectivity index (χ4n) is 2.13. The van der Waals surface area contributed by atoms with E-state index in [1.54, 1.807) is 22.7 Å². The van der Waals surface area contributed by atoms with Crippen LogP contribution in [0.3, 0.4) is 0 Å². The maximum absolute atomic E-state index is 13.5. The molecule has 0 aliphatic rings. The zero-order chi connectivity index (χ0) is 14.3. The molecule has 0 atom stereocenters. The van der Waals surface area contributed by atoms with Gasteiger partial charge in [0.1, 0.15) is 11.4 Å².